The van der Waals surface area contributed by atoms with Crippen LogP contribution in [0.4, 0.5) is 0 Å². The predicted molar refractivity (Wildman–Crippen MR) is 49.7 cm³/mol. The van der Waals surface area contributed by atoms with Gasteiger partial charge in [0.1, 0.15) is 0 Å². The Morgan fingerprint density at radius 1 is 1.36 bits per heavy atom. The topological polar surface area (TPSA) is 49.9 Å². The second-order valence-electron chi connectivity index (χ2n) is 2.81. The van der Waals surface area contributed by atoms with E-state index < -0.39 is 0 Å². The van der Waals surface area contributed by atoms with Gasteiger partial charge in [0.2, 0.25) is 0 Å². The summed E-state index contributed by atoms with van der Waals surface area (Å²) in [5.41, 5.74) is 7.30. The third kappa shape index (κ3) is 5.40. The highest BCUT2D eigenvalue weighted by atomic mass is 14.6. The normalized spacial score (nSPS) is 9.18. The molecule has 0 aromatic rings. The van der Waals surface area contributed by atoms with Crippen molar-refractivity contribution in [3.05, 3.63) is 24.4 Å². The van der Waals surface area contributed by atoms with Crippen LogP contribution in [0.25, 0.3) is 0 Å². The van der Waals surface area contributed by atoms with Crippen molar-refractivity contribution in [2.75, 3.05) is 0 Å². The minimum atomic E-state index is 0.381. The summed E-state index contributed by atoms with van der Waals surface area (Å²) in [5, 5.41) is 7.33. The van der Waals surface area contributed by atoms with E-state index in [0.29, 0.717) is 17.8 Å². The molecule has 0 radical (unpaired) electrons. The van der Waals surface area contributed by atoms with Gasteiger partial charge in [-0.05, 0) is 26.2 Å². The van der Waals surface area contributed by atoms with Crippen LogP contribution >= 0.6 is 0 Å². The molecule has 0 saturated heterocycles. The zero-order valence-electron chi connectivity index (χ0n) is 7.11. The molecular formula is C9H16N2. The SMILES string of the molecule is C=C(C)CCCC(=N)C(=C)N. The Balaban J connectivity index is 3.47. The van der Waals surface area contributed by atoms with Crippen LogP contribution in [0.15, 0.2) is 24.4 Å². The molecule has 0 heterocycles. The highest BCUT2D eigenvalue weighted by Crippen LogP contribution is 2.05. The summed E-state index contributed by atoms with van der Waals surface area (Å²) in [6.07, 6.45) is 2.63. The minimum Gasteiger partial charge on any atom is -0.398 e. The third-order valence-electron chi connectivity index (χ3n) is 1.42. The predicted octanol–water partition coefficient (Wildman–Crippen LogP) is 2.22. The minimum absolute atomic E-state index is 0.381. The molecule has 0 aromatic heterocycles. The molecule has 2 nitrogen and oxygen atoms in total. The summed E-state index contributed by atoms with van der Waals surface area (Å²) >= 11 is 0. The van der Waals surface area contributed by atoms with Gasteiger partial charge in [-0.2, -0.15) is 0 Å². The van der Waals surface area contributed by atoms with Crippen molar-refractivity contribution in [2.24, 2.45) is 5.73 Å². The maximum atomic E-state index is 7.33. The van der Waals surface area contributed by atoms with Gasteiger partial charge in [0, 0.05) is 5.70 Å². The summed E-state index contributed by atoms with van der Waals surface area (Å²) in [4.78, 5) is 0. The van der Waals surface area contributed by atoms with Crippen molar-refractivity contribution in [3.63, 3.8) is 0 Å². The van der Waals surface area contributed by atoms with Gasteiger partial charge in [-0.15, -0.1) is 6.58 Å². The van der Waals surface area contributed by atoms with Gasteiger partial charge < -0.3 is 11.1 Å². The summed E-state index contributed by atoms with van der Waals surface area (Å²) < 4.78 is 0. The highest BCUT2D eigenvalue weighted by molar-refractivity contribution is 5.96. The maximum Gasteiger partial charge on any atom is 0.0536 e. The third-order valence-corrected chi connectivity index (χ3v) is 1.42. The number of allylic oxidation sites excluding steroid dienone is 2. The van der Waals surface area contributed by atoms with Crippen molar-refractivity contribution < 1.29 is 0 Å². The first-order valence-electron chi connectivity index (χ1n) is 3.70. The molecule has 0 spiro atoms. The van der Waals surface area contributed by atoms with Crippen molar-refractivity contribution in [1.29, 1.82) is 5.41 Å². The van der Waals surface area contributed by atoms with E-state index in [-0.39, 0.29) is 0 Å². The molecule has 11 heavy (non-hydrogen) atoms. The van der Waals surface area contributed by atoms with Crippen molar-refractivity contribution in [3.8, 4) is 0 Å². The molecule has 3 N–H and O–H groups in total. The van der Waals surface area contributed by atoms with Crippen molar-refractivity contribution >= 4 is 5.71 Å². The summed E-state index contributed by atoms with van der Waals surface area (Å²) in [7, 11) is 0. The lowest BCUT2D eigenvalue weighted by Crippen LogP contribution is -2.08. The van der Waals surface area contributed by atoms with Gasteiger partial charge in [-0.3, -0.25) is 0 Å². The molecule has 0 aromatic carbocycles. The van der Waals surface area contributed by atoms with Crippen LogP contribution in [-0.4, -0.2) is 5.71 Å². The highest BCUT2D eigenvalue weighted by Gasteiger charge is 1.97. The van der Waals surface area contributed by atoms with E-state index in [1.807, 2.05) is 6.92 Å². The largest absolute Gasteiger partial charge is 0.398 e. The molecule has 0 saturated carbocycles. The first-order chi connectivity index (χ1) is 5.04. The molecule has 0 fully saturated rings. The zero-order valence-corrected chi connectivity index (χ0v) is 7.11. The quantitative estimate of drug-likeness (QED) is 0.460. The van der Waals surface area contributed by atoms with Crippen molar-refractivity contribution in [1.82, 2.24) is 0 Å². The molecule has 0 aliphatic heterocycles. The first-order valence-corrected chi connectivity index (χ1v) is 3.70. The molecule has 0 atom stereocenters. The lowest BCUT2D eigenvalue weighted by Gasteiger charge is -2.01. The second-order valence-corrected chi connectivity index (χ2v) is 2.81. The number of hydrogen-bond acceptors (Lipinski definition) is 2. The van der Waals surface area contributed by atoms with E-state index >= 15 is 0 Å². The second kappa shape index (κ2) is 4.72. The van der Waals surface area contributed by atoms with E-state index in [9.17, 15) is 0 Å². The maximum absolute atomic E-state index is 7.33. The van der Waals surface area contributed by atoms with Crippen LogP contribution in [0.1, 0.15) is 26.2 Å². The lowest BCUT2D eigenvalue weighted by molar-refractivity contribution is 0.852. The van der Waals surface area contributed by atoms with E-state index in [0.717, 1.165) is 18.4 Å². The van der Waals surface area contributed by atoms with Crippen LogP contribution in [0.3, 0.4) is 0 Å². The van der Waals surface area contributed by atoms with Crippen LogP contribution in [0, 0.1) is 5.41 Å². The molecule has 0 aliphatic rings. The molecule has 0 unspecified atom stereocenters. The van der Waals surface area contributed by atoms with Crippen LogP contribution in [0.2, 0.25) is 0 Å². The summed E-state index contributed by atoms with van der Waals surface area (Å²) in [5.74, 6) is 0. The molecule has 0 aliphatic carbocycles. The average Bonchev–Trinajstić information content (AvgIpc) is 1.86. The van der Waals surface area contributed by atoms with Gasteiger partial charge in [0.15, 0.2) is 0 Å². The van der Waals surface area contributed by atoms with Crippen LogP contribution in [-0.2, 0) is 0 Å². The Labute approximate surface area is 68.3 Å². The van der Waals surface area contributed by atoms with Gasteiger partial charge >= 0.3 is 0 Å². The van der Waals surface area contributed by atoms with Crippen LogP contribution < -0.4 is 5.73 Å². The molecule has 2 heteroatoms. The summed E-state index contributed by atoms with van der Waals surface area (Å²) in [6.45, 7) is 9.24. The van der Waals surface area contributed by atoms with E-state index in [2.05, 4.69) is 13.2 Å². The smallest absolute Gasteiger partial charge is 0.0536 e. The van der Waals surface area contributed by atoms with Crippen molar-refractivity contribution in [2.45, 2.75) is 26.2 Å². The number of hydrogen-bond donors (Lipinski definition) is 2. The standard InChI is InChI=1S/C9H16N2/c1-7(2)5-4-6-9(11)8(3)10/h11H,1,3-6,10H2,2H3. The average molecular weight is 152 g/mol. The van der Waals surface area contributed by atoms with Gasteiger partial charge in [-0.25, -0.2) is 0 Å². The Morgan fingerprint density at radius 2 is 1.91 bits per heavy atom. The molecular weight excluding hydrogens is 136 g/mol. The summed E-state index contributed by atoms with van der Waals surface area (Å²) in [6, 6.07) is 0. The molecule has 0 rings (SSSR count). The number of rotatable bonds is 5. The molecule has 0 bridgehead atoms. The number of nitrogens with two attached hydrogens (primary N) is 1. The molecule has 0 amide bonds. The Bertz CT molecular complexity index is 180. The molecule has 62 valence electrons. The number of nitrogens with one attached hydrogen (secondary N) is 1. The van der Waals surface area contributed by atoms with Gasteiger partial charge in [0.25, 0.3) is 0 Å². The fourth-order valence-corrected chi connectivity index (χ4v) is 0.727. The van der Waals surface area contributed by atoms with E-state index in [1.165, 1.54) is 0 Å². The monoisotopic (exact) mass is 152 g/mol. The van der Waals surface area contributed by atoms with E-state index in [1.54, 1.807) is 0 Å². The first kappa shape index (κ1) is 9.95. The Kier molecular flexibility index (Phi) is 4.27. The van der Waals surface area contributed by atoms with Crippen LogP contribution in [0.5, 0.6) is 0 Å². The lowest BCUT2D eigenvalue weighted by atomic mass is 10.1. The van der Waals surface area contributed by atoms with Gasteiger partial charge in [-0.1, -0.05) is 12.2 Å². The fraction of sp³-hybridized carbons (Fsp3) is 0.444. The van der Waals surface area contributed by atoms with Gasteiger partial charge in [0.05, 0.1) is 5.71 Å². The Hall–Kier alpha value is -1.05. The van der Waals surface area contributed by atoms with E-state index in [4.69, 9.17) is 11.1 Å². The Morgan fingerprint density at radius 3 is 2.27 bits per heavy atom. The zero-order chi connectivity index (χ0) is 8.85. The fourth-order valence-electron chi connectivity index (χ4n) is 0.727.